The third kappa shape index (κ3) is 4.93. The quantitative estimate of drug-likeness (QED) is 0.833. The van der Waals surface area contributed by atoms with Crippen molar-refractivity contribution in [2.24, 2.45) is 0 Å². The van der Waals surface area contributed by atoms with Crippen molar-refractivity contribution in [1.29, 1.82) is 0 Å². The predicted octanol–water partition coefficient (Wildman–Crippen LogP) is 3.66. The van der Waals surface area contributed by atoms with Crippen LogP contribution in [-0.4, -0.2) is 46.7 Å². The second kappa shape index (κ2) is 6.87. The summed E-state index contributed by atoms with van der Waals surface area (Å²) in [6.07, 6.45) is -0.252. The summed E-state index contributed by atoms with van der Waals surface area (Å²) in [6, 6.07) is 6.91. The van der Waals surface area contributed by atoms with Gasteiger partial charge in [-0.25, -0.2) is 9.18 Å². The summed E-state index contributed by atoms with van der Waals surface area (Å²) in [5.74, 6) is -0.218. The van der Waals surface area contributed by atoms with E-state index in [1.807, 2.05) is 39.8 Å². The van der Waals surface area contributed by atoms with E-state index in [4.69, 9.17) is 4.74 Å². The molecule has 0 saturated carbocycles. The van der Waals surface area contributed by atoms with Crippen LogP contribution in [0.5, 0.6) is 0 Å². The number of amides is 1. The van der Waals surface area contributed by atoms with Crippen LogP contribution in [0.4, 0.5) is 9.18 Å². The fourth-order valence-electron chi connectivity index (χ4n) is 2.82. The molecule has 1 amide bonds. The maximum absolute atomic E-state index is 13.0. The van der Waals surface area contributed by atoms with Crippen molar-refractivity contribution in [2.75, 3.05) is 13.1 Å². The molecule has 0 bridgehead atoms. The number of carbonyl (C=O) groups excluding carboxylic acids is 1. The van der Waals surface area contributed by atoms with Crippen molar-refractivity contribution in [3.8, 4) is 0 Å². The Morgan fingerprint density at radius 1 is 1.17 bits per heavy atom. The molecule has 0 N–H and O–H groups in total. The Hall–Kier alpha value is -1.62. The van der Waals surface area contributed by atoms with Crippen LogP contribution in [-0.2, 0) is 11.3 Å². The molecule has 0 aromatic heterocycles. The van der Waals surface area contributed by atoms with Gasteiger partial charge in [0, 0.05) is 31.7 Å². The fraction of sp³-hybridized carbons (Fsp3) is 0.611. The van der Waals surface area contributed by atoms with E-state index in [0.717, 1.165) is 18.7 Å². The number of benzene rings is 1. The van der Waals surface area contributed by atoms with Gasteiger partial charge in [0.1, 0.15) is 11.4 Å². The smallest absolute Gasteiger partial charge is 0.410 e. The summed E-state index contributed by atoms with van der Waals surface area (Å²) in [5, 5.41) is 0. The van der Waals surface area contributed by atoms with Crippen molar-refractivity contribution < 1.29 is 13.9 Å². The summed E-state index contributed by atoms with van der Waals surface area (Å²) in [5.41, 5.74) is 0.599. The Bertz CT molecular complexity index is 539. The Kier molecular flexibility index (Phi) is 5.30. The first-order valence-electron chi connectivity index (χ1n) is 8.14. The highest BCUT2D eigenvalue weighted by Gasteiger charge is 2.34. The zero-order valence-electron chi connectivity index (χ0n) is 14.7. The Morgan fingerprint density at radius 2 is 1.78 bits per heavy atom. The topological polar surface area (TPSA) is 32.8 Å². The molecule has 1 aromatic carbocycles. The number of rotatable bonds is 2. The van der Waals surface area contributed by atoms with E-state index in [1.54, 1.807) is 4.90 Å². The molecule has 0 aliphatic carbocycles. The molecular weight excluding hydrogens is 295 g/mol. The van der Waals surface area contributed by atoms with E-state index >= 15 is 0 Å². The lowest BCUT2D eigenvalue weighted by Gasteiger charge is -2.44. The lowest BCUT2D eigenvalue weighted by molar-refractivity contribution is -0.0117. The van der Waals surface area contributed by atoms with E-state index in [9.17, 15) is 9.18 Å². The molecule has 1 saturated heterocycles. The van der Waals surface area contributed by atoms with Gasteiger partial charge in [-0.15, -0.1) is 0 Å². The molecule has 4 nitrogen and oxygen atoms in total. The van der Waals surface area contributed by atoms with E-state index in [2.05, 4.69) is 11.8 Å². The summed E-state index contributed by atoms with van der Waals surface area (Å²) in [6.45, 7) is 11.9. The number of halogens is 1. The molecule has 1 aliphatic heterocycles. The van der Waals surface area contributed by atoms with Crippen LogP contribution in [0, 0.1) is 5.82 Å². The van der Waals surface area contributed by atoms with Gasteiger partial charge in [-0.3, -0.25) is 4.90 Å². The van der Waals surface area contributed by atoms with Gasteiger partial charge in [0.15, 0.2) is 0 Å². The predicted molar refractivity (Wildman–Crippen MR) is 88.7 cm³/mol. The first-order chi connectivity index (χ1) is 10.7. The van der Waals surface area contributed by atoms with Gasteiger partial charge < -0.3 is 9.64 Å². The summed E-state index contributed by atoms with van der Waals surface area (Å²) in [4.78, 5) is 16.4. The number of nitrogens with zero attached hydrogens (tertiary/aromatic N) is 2. The highest BCUT2D eigenvalue weighted by atomic mass is 19.1. The molecule has 23 heavy (non-hydrogen) atoms. The molecule has 1 fully saturated rings. The Balaban J connectivity index is 1.98. The average Bonchev–Trinajstić information content (AvgIpc) is 2.43. The normalized spacial score (nSPS) is 23.0. The molecular formula is C18H27FN2O2. The van der Waals surface area contributed by atoms with Crippen LogP contribution in [0.25, 0.3) is 0 Å². The monoisotopic (exact) mass is 322 g/mol. The molecule has 1 aliphatic rings. The van der Waals surface area contributed by atoms with E-state index in [-0.39, 0.29) is 24.0 Å². The van der Waals surface area contributed by atoms with Crippen LogP contribution in [0.3, 0.4) is 0 Å². The highest BCUT2D eigenvalue weighted by Crippen LogP contribution is 2.21. The lowest BCUT2D eigenvalue weighted by Crippen LogP contribution is -2.58. The molecule has 2 atom stereocenters. The van der Waals surface area contributed by atoms with Gasteiger partial charge >= 0.3 is 6.09 Å². The maximum atomic E-state index is 13.0. The second-order valence-electron chi connectivity index (χ2n) is 7.39. The fourth-order valence-corrected chi connectivity index (χ4v) is 2.82. The minimum atomic E-state index is -0.481. The van der Waals surface area contributed by atoms with Gasteiger partial charge in [0.2, 0.25) is 0 Å². The standard InChI is InChI=1S/C18H27FN2O2/c1-13-11-21(17(22)23-18(3,4)5)14(2)10-20(13)12-15-6-8-16(19)9-7-15/h6-9,13-14H,10-12H2,1-5H3/t13-,14+/m0/s1. The number of ether oxygens (including phenoxy) is 1. The second-order valence-corrected chi connectivity index (χ2v) is 7.39. The van der Waals surface area contributed by atoms with Crippen LogP contribution in [0.15, 0.2) is 24.3 Å². The van der Waals surface area contributed by atoms with Gasteiger partial charge in [-0.1, -0.05) is 12.1 Å². The highest BCUT2D eigenvalue weighted by molar-refractivity contribution is 5.68. The molecule has 1 aromatic rings. The van der Waals surface area contributed by atoms with E-state index in [1.165, 1.54) is 12.1 Å². The van der Waals surface area contributed by atoms with E-state index in [0.29, 0.717) is 6.54 Å². The summed E-state index contributed by atoms with van der Waals surface area (Å²) >= 11 is 0. The Labute approximate surface area is 138 Å². The van der Waals surface area contributed by atoms with Crippen LogP contribution >= 0.6 is 0 Å². The van der Waals surface area contributed by atoms with Crippen LogP contribution in [0.1, 0.15) is 40.2 Å². The third-order valence-corrected chi connectivity index (χ3v) is 4.04. The molecule has 1 heterocycles. The number of hydrogen-bond donors (Lipinski definition) is 0. The minimum absolute atomic E-state index is 0.0847. The van der Waals surface area contributed by atoms with Gasteiger partial charge in [0.05, 0.1) is 0 Å². The molecule has 0 radical (unpaired) electrons. The molecule has 0 spiro atoms. The van der Waals surface area contributed by atoms with Crippen molar-refractivity contribution in [3.05, 3.63) is 35.6 Å². The zero-order valence-corrected chi connectivity index (χ0v) is 14.7. The number of hydrogen-bond acceptors (Lipinski definition) is 3. The third-order valence-electron chi connectivity index (χ3n) is 4.04. The van der Waals surface area contributed by atoms with Crippen molar-refractivity contribution >= 4 is 6.09 Å². The van der Waals surface area contributed by atoms with E-state index < -0.39 is 5.60 Å². The van der Waals surface area contributed by atoms with Crippen LogP contribution in [0.2, 0.25) is 0 Å². The SMILES string of the molecule is C[C@@H]1CN(Cc2ccc(F)cc2)[C@@H](C)CN1C(=O)OC(C)(C)C. The van der Waals surface area contributed by atoms with Gasteiger partial charge in [-0.2, -0.15) is 0 Å². The van der Waals surface area contributed by atoms with Crippen molar-refractivity contribution in [2.45, 2.75) is 58.8 Å². The van der Waals surface area contributed by atoms with Crippen molar-refractivity contribution in [3.63, 3.8) is 0 Å². The summed E-state index contributed by atoms with van der Waals surface area (Å²) in [7, 11) is 0. The first-order valence-corrected chi connectivity index (χ1v) is 8.14. The molecule has 5 heteroatoms. The minimum Gasteiger partial charge on any atom is -0.444 e. The lowest BCUT2D eigenvalue weighted by atomic mass is 10.1. The van der Waals surface area contributed by atoms with Gasteiger partial charge in [-0.05, 0) is 52.3 Å². The van der Waals surface area contributed by atoms with Gasteiger partial charge in [0.25, 0.3) is 0 Å². The number of carbonyl (C=O) groups is 1. The molecule has 128 valence electrons. The summed E-state index contributed by atoms with van der Waals surface area (Å²) < 4.78 is 18.5. The first kappa shape index (κ1) is 17.7. The number of piperazine rings is 1. The van der Waals surface area contributed by atoms with Crippen molar-refractivity contribution in [1.82, 2.24) is 9.80 Å². The molecule has 2 rings (SSSR count). The zero-order chi connectivity index (χ0) is 17.2. The average molecular weight is 322 g/mol. The molecule has 0 unspecified atom stereocenters. The maximum Gasteiger partial charge on any atom is 0.410 e. The largest absolute Gasteiger partial charge is 0.444 e. The van der Waals surface area contributed by atoms with Crippen LogP contribution < -0.4 is 0 Å². The Morgan fingerprint density at radius 3 is 2.35 bits per heavy atom.